The van der Waals surface area contributed by atoms with E-state index in [0.717, 1.165) is 28.3 Å². The van der Waals surface area contributed by atoms with E-state index in [1.807, 2.05) is 5.38 Å². The van der Waals surface area contributed by atoms with Crippen molar-refractivity contribution in [3.05, 3.63) is 44.6 Å². The van der Waals surface area contributed by atoms with Crippen LogP contribution in [-0.4, -0.2) is 11.5 Å². The molecule has 6 heteroatoms. The second-order valence-electron chi connectivity index (χ2n) is 5.12. The standard InChI is InChI=1S/C15H18BrFN2OS/c1-10(2)6-18-7-15-19-12(9-21-15)8-20-14-5-11(16)3-4-13(14)17/h3-5,9-10,18H,6-8H2,1-2H3. The van der Waals surface area contributed by atoms with Crippen molar-refractivity contribution in [2.45, 2.75) is 27.0 Å². The summed E-state index contributed by atoms with van der Waals surface area (Å²) < 4.78 is 19.8. The number of aromatic nitrogens is 1. The second-order valence-corrected chi connectivity index (χ2v) is 6.98. The molecule has 0 saturated carbocycles. The third-order valence-corrected chi connectivity index (χ3v) is 4.09. The first-order chi connectivity index (χ1) is 10.0. The fraction of sp³-hybridized carbons (Fsp3) is 0.400. The summed E-state index contributed by atoms with van der Waals surface area (Å²) in [6.45, 7) is 6.33. The summed E-state index contributed by atoms with van der Waals surface area (Å²) in [6.07, 6.45) is 0. The highest BCUT2D eigenvalue weighted by atomic mass is 79.9. The highest BCUT2D eigenvalue weighted by Gasteiger charge is 2.07. The lowest BCUT2D eigenvalue weighted by atomic mass is 10.2. The molecule has 0 aliphatic rings. The SMILES string of the molecule is CC(C)CNCc1nc(COc2cc(Br)ccc2F)cs1. The lowest BCUT2D eigenvalue weighted by molar-refractivity contribution is 0.286. The molecule has 21 heavy (non-hydrogen) atoms. The average Bonchev–Trinajstić information content (AvgIpc) is 2.87. The van der Waals surface area contributed by atoms with Crippen LogP contribution in [-0.2, 0) is 13.2 Å². The first-order valence-electron chi connectivity index (χ1n) is 6.76. The fourth-order valence-corrected chi connectivity index (χ4v) is 2.79. The minimum Gasteiger partial charge on any atom is -0.484 e. The van der Waals surface area contributed by atoms with Crippen molar-refractivity contribution in [3.63, 3.8) is 0 Å². The molecule has 1 aromatic heterocycles. The van der Waals surface area contributed by atoms with Gasteiger partial charge in [-0.2, -0.15) is 0 Å². The van der Waals surface area contributed by atoms with Gasteiger partial charge in [0.05, 0.1) is 5.69 Å². The first-order valence-corrected chi connectivity index (χ1v) is 8.43. The number of thiazole rings is 1. The topological polar surface area (TPSA) is 34.2 Å². The minimum absolute atomic E-state index is 0.233. The number of ether oxygens (including phenoxy) is 1. The van der Waals surface area contributed by atoms with E-state index < -0.39 is 0 Å². The molecule has 0 saturated heterocycles. The molecule has 1 N–H and O–H groups in total. The second kappa shape index (κ2) is 7.87. The Kier molecular flexibility index (Phi) is 6.14. The maximum atomic E-state index is 13.5. The molecule has 3 nitrogen and oxygen atoms in total. The molecule has 0 atom stereocenters. The van der Waals surface area contributed by atoms with Crippen molar-refractivity contribution >= 4 is 27.3 Å². The maximum Gasteiger partial charge on any atom is 0.165 e. The molecule has 0 spiro atoms. The Morgan fingerprint density at radius 2 is 2.24 bits per heavy atom. The van der Waals surface area contributed by atoms with Crippen molar-refractivity contribution in [2.24, 2.45) is 5.92 Å². The lowest BCUT2D eigenvalue weighted by Crippen LogP contribution is -2.18. The van der Waals surface area contributed by atoms with Crippen molar-refractivity contribution < 1.29 is 9.13 Å². The normalized spacial score (nSPS) is 11.1. The van der Waals surface area contributed by atoms with E-state index >= 15 is 0 Å². The molecule has 1 aromatic carbocycles. The van der Waals surface area contributed by atoms with E-state index in [1.165, 1.54) is 6.07 Å². The molecule has 0 unspecified atom stereocenters. The summed E-state index contributed by atoms with van der Waals surface area (Å²) in [4.78, 5) is 4.47. The highest BCUT2D eigenvalue weighted by Crippen LogP contribution is 2.23. The number of nitrogens with one attached hydrogen (secondary N) is 1. The zero-order chi connectivity index (χ0) is 15.2. The van der Waals surface area contributed by atoms with Crippen LogP contribution in [0, 0.1) is 11.7 Å². The quantitative estimate of drug-likeness (QED) is 0.783. The molecule has 0 aliphatic heterocycles. The minimum atomic E-state index is -0.368. The summed E-state index contributed by atoms with van der Waals surface area (Å²) in [7, 11) is 0. The van der Waals surface area contributed by atoms with Gasteiger partial charge >= 0.3 is 0 Å². The molecular weight excluding hydrogens is 355 g/mol. The molecule has 0 bridgehead atoms. The predicted molar refractivity (Wildman–Crippen MR) is 87.1 cm³/mol. The molecule has 2 aromatic rings. The van der Waals surface area contributed by atoms with Crippen LogP contribution in [0.2, 0.25) is 0 Å². The fourth-order valence-electron chi connectivity index (χ4n) is 1.70. The Bertz CT molecular complexity index is 589. The Balaban J connectivity index is 1.86. The highest BCUT2D eigenvalue weighted by molar-refractivity contribution is 9.10. The number of halogens is 2. The number of nitrogens with zero attached hydrogens (tertiary/aromatic N) is 1. The Labute approximate surface area is 136 Å². The zero-order valence-corrected chi connectivity index (χ0v) is 14.4. The van der Waals surface area contributed by atoms with Crippen LogP contribution in [0.4, 0.5) is 4.39 Å². The summed E-state index contributed by atoms with van der Waals surface area (Å²) in [5.41, 5.74) is 0.820. The van der Waals surface area contributed by atoms with Crippen LogP contribution >= 0.6 is 27.3 Å². The van der Waals surface area contributed by atoms with E-state index in [2.05, 4.69) is 40.1 Å². The van der Waals surface area contributed by atoms with Crippen molar-refractivity contribution in [2.75, 3.05) is 6.54 Å². The number of rotatable bonds is 7. The monoisotopic (exact) mass is 372 g/mol. The third kappa shape index (κ3) is 5.37. The van der Waals surface area contributed by atoms with Gasteiger partial charge in [-0.3, -0.25) is 0 Å². The third-order valence-electron chi connectivity index (χ3n) is 2.70. The van der Waals surface area contributed by atoms with Crippen LogP contribution in [0.1, 0.15) is 24.5 Å². The van der Waals surface area contributed by atoms with E-state index in [0.29, 0.717) is 5.92 Å². The summed E-state index contributed by atoms with van der Waals surface area (Å²) >= 11 is 4.89. The first kappa shape index (κ1) is 16.4. The Morgan fingerprint density at radius 1 is 1.43 bits per heavy atom. The Morgan fingerprint density at radius 3 is 3.00 bits per heavy atom. The molecule has 0 radical (unpaired) electrons. The molecular formula is C15H18BrFN2OS. The zero-order valence-electron chi connectivity index (χ0n) is 12.0. The van der Waals surface area contributed by atoms with Gasteiger partial charge in [-0.25, -0.2) is 9.37 Å². The van der Waals surface area contributed by atoms with Crippen LogP contribution in [0.15, 0.2) is 28.1 Å². The van der Waals surface area contributed by atoms with Crippen LogP contribution in [0.3, 0.4) is 0 Å². The van der Waals surface area contributed by atoms with E-state index in [1.54, 1.807) is 23.5 Å². The van der Waals surface area contributed by atoms with Crippen molar-refractivity contribution in [1.82, 2.24) is 10.3 Å². The van der Waals surface area contributed by atoms with Crippen LogP contribution < -0.4 is 10.1 Å². The largest absolute Gasteiger partial charge is 0.484 e. The molecule has 114 valence electrons. The van der Waals surface area contributed by atoms with Gasteiger partial charge in [0, 0.05) is 16.4 Å². The van der Waals surface area contributed by atoms with Gasteiger partial charge in [0.2, 0.25) is 0 Å². The lowest BCUT2D eigenvalue weighted by Gasteiger charge is -2.06. The predicted octanol–water partition coefficient (Wildman–Crippen LogP) is 4.37. The number of hydrogen-bond acceptors (Lipinski definition) is 4. The van der Waals surface area contributed by atoms with Crippen LogP contribution in [0.5, 0.6) is 5.75 Å². The van der Waals surface area contributed by atoms with Gasteiger partial charge in [0.25, 0.3) is 0 Å². The van der Waals surface area contributed by atoms with Gasteiger partial charge in [0.15, 0.2) is 11.6 Å². The molecule has 2 rings (SSSR count). The van der Waals surface area contributed by atoms with Crippen molar-refractivity contribution in [1.29, 1.82) is 0 Å². The number of hydrogen-bond donors (Lipinski definition) is 1. The van der Waals surface area contributed by atoms with E-state index in [4.69, 9.17) is 4.74 Å². The molecule has 1 heterocycles. The van der Waals surface area contributed by atoms with Gasteiger partial charge in [-0.15, -0.1) is 11.3 Å². The smallest absolute Gasteiger partial charge is 0.165 e. The maximum absolute atomic E-state index is 13.5. The van der Waals surface area contributed by atoms with Crippen LogP contribution in [0.25, 0.3) is 0 Å². The molecule has 0 aliphatic carbocycles. The van der Waals surface area contributed by atoms with E-state index in [-0.39, 0.29) is 18.2 Å². The summed E-state index contributed by atoms with van der Waals surface area (Å²) in [6, 6.07) is 4.64. The average molecular weight is 373 g/mol. The summed E-state index contributed by atoms with van der Waals surface area (Å²) in [5.74, 6) is 0.483. The van der Waals surface area contributed by atoms with Gasteiger partial charge in [-0.1, -0.05) is 29.8 Å². The Hall–Kier alpha value is -0.980. The van der Waals surface area contributed by atoms with Gasteiger partial charge < -0.3 is 10.1 Å². The number of benzene rings is 1. The van der Waals surface area contributed by atoms with Gasteiger partial charge in [0.1, 0.15) is 11.6 Å². The van der Waals surface area contributed by atoms with Gasteiger partial charge in [-0.05, 0) is 30.7 Å². The van der Waals surface area contributed by atoms with E-state index in [9.17, 15) is 4.39 Å². The van der Waals surface area contributed by atoms with Crippen molar-refractivity contribution in [3.8, 4) is 5.75 Å². The summed E-state index contributed by atoms with van der Waals surface area (Å²) in [5, 5.41) is 6.31. The molecule has 0 amide bonds. The molecule has 0 fully saturated rings.